The molecule has 0 amide bonds. The lowest BCUT2D eigenvalue weighted by atomic mass is 10.1. The number of thioether (sulfide) groups is 1. The Morgan fingerprint density at radius 1 is 1.23 bits per heavy atom. The van der Waals surface area contributed by atoms with Crippen LogP contribution in [0.5, 0.6) is 0 Å². The van der Waals surface area contributed by atoms with E-state index in [0.717, 1.165) is 30.2 Å². The fourth-order valence-electron chi connectivity index (χ4n) is 1.79. The highest BCUT2D eigenvalue weighted by Gasteiger charge is 2.35. The molecule has 0 bridgehead atoms. The molecule has 0 aliphatic rings. The molecule has 0 saturated heterocycles. The number of esters is 1. The first-order valence-electron chi connectivity index (χ1n) is 7.62. The average Bonchev–Trinajstić information content (AvgIpc) is 2.53. The van der Waals surface area contributed by atoms with E-state index < -0.39 is 4.75 Å². The standard InChI is InChI=1S/C18H24O3S/c1-4-6-10-13-18(3,22-16(19)5-2)17(20)21-14-15-11-8-7-9-12-15/h7-13H,4-6,14H2,1-3H3/t18-/m1/s1. The van der Waals surface area contributed by atoms with Crippen LogP contribution in [-0.2, 0) is 20.9 Å². The molecular formula is C18H24O3S. The quantitative estimate of drug-likeness (QED) is 0.522. The van der Waals surface area contributed by atoms with Gasteiger partial charge in [-0.05, 0) is 18.9 Å². The van der Waals surface area contributed by atoms with E-state index in [1.807, 2.05) is 36.4 Å². The highest BCUT2D eigenvalue weighted by atomic mass is 32.2. The first-order chi connectivity index (χ1) is 10.5. The number of carbonyl (C=O) groups is 2. The minimum absolute atomic E-state index is 0.0136. The van der Waals surface area contributed by atoms with Gasteiger partial charge >= 0.3 is 5.97 Å². The van der Waals surface area contributed by atoms with Crippen LogP contribution in [0, 0.1) is 0 Å². The Bertz CT molecular complexity index is 510. The van der Waals surface area contributed by atoms with E-state index in [9.17, 15) is 9.59 Å². The number of carbonyl (C=O) groups excluding carboxylic acids is 2. The third kappa shape index (κ3) is 6.06. The van der Waals surface area contributed by atoms with E-state index in [2.05, 4.69) is 6.92 Å². The number of hydrogen-bond donors (Lipinski definition) is 0. The van der Waals surface area contributed by atoms with Gasteiger partial charge in [0, 0.05) is 6.42 Å². The van der Waals surface area contributed by atoms with Crippen LogP contribution in [0.15, 0.2) is 42.5 Å². The maximum Gasteiger partial charge on any atom is 0.326 e. The molecule has 0 saturated carbocycles. The first kappa shape index (κ1) is 18.5. The molecule has 4 heteroatoms. The Balaban J connectivity index is 2.75. The number of rotatable bonds is 8. The van der Waals surface area contributed by atoms with Gasteiger partial charge < -0.3 is 4.74 Å². The second kappa shape index (κ2) is 9.46. The van der Waals surface area contributed by atoms with Gasteiger partial charge in [0.2, 0.25) is 0 Å². The molecule has 0 aliphatic heterocycles. The van der Waals surface area contributed by atoms with Crippen molar-refractivity contribution < 1.29 is 14.3 Å². The molecule has 0 radical (unpaired) electrons. The van der Waals surface area contributed by atoms with Crippen LogP contribution in [0.1, 0.15) is 45.6 Å². The zero-order valence-electron chi connectivity index (χ0n) is 13.5. The smallest absolute Gasteiger partial charge is 0.326 e. The maximum absolute atomic E-state index is 12.4. The Labute approximate surface area is 137 Å². The Hall–Kier alpha value is -1.55. The maximum atomic E-state index is 12.4. The van der Waals surface area contributed by atoms with Crippen molar-refractivity contribution in [1.29, 1.82) is 0 Å². The lowest BCUT2D eigenvalue weighted by molar-refractivity contribution is -0.146. The number of unbranched alkanes of at least 4 members (excludes halogenated alkanes) is 1. The molecule has 1 atom stereocenters. The Kier molecular flexibility index (Phi) is 7.96. The molecule has 1 aromatic rings. The van der Waals surface area contributed by atoms with Gasteiger partial charge in [-0.2, -0.15) is 0 Å². The van der Waals surface area contributed by atoms with Crippen molar-refractivity contribution in [2.75, 3.05) is 0 Å². The largest absolute Gasteiger partial charge is 0.460 e. The van der Waals surface area contributed by atoms with E-state index in [1.54, 1.807) is 19.9 Å². The number of benzene rings is 1. The minimum Gasteiger partial charge on any atom is -0.460 e. The van der Waals surface area contributed by atoms with Crippen molar-refractivity contribution in [2.45, 2.75) is 51.4 Å². The van der Waals surface area contributed by atoms with Crippen LogP contribution in [0.4, 0.5) is 0 Å². The third-order valence-corrected chi connectivity index (χ3v) is 4.37. The topological polar surface area (TPSA) is 43.4 Å². The van der Waals surface area contributed by atoms with Gasteiger partial charge in [0.25, 0.3) is 0 Å². The highest BCUT2D eigenvalue weighted by molar-refractivity contribution is 8.15. The van der Waals surface area contributed by atoms with E-state index in [1.165, 1.54) is 0 Å². The fraction of sp³-hybridized carbons (Fsp3) is 0.444. The van der Waals surface area contributed by atoms with Gasteiger partial charge in [-0.15, -0.1) is 0 Å². The second-order valence-corrected chi connectivity index (χ2v) is 6.69. The normalized spacial score (nSPS) is 13.8. The van der Waals surface area contributed by atoms with Crippen LogP contribution in [0.3, 0.4) is 0 Å². The predicted molar refractivity (Wildman–Crippen MR) is 91.6 cm³/mol. The number of ether oxygens (including phenoxy) is 1. The molecular weight excluding hydrogens is 296 g/mol. The molecule has 0 aromatic heterocycles. The van der Waals surface area contributed by atoms with Crippen molar-refractivity contribution in [2.24, 2.45) is 0 Å². The summed E-state index contributed by atoms with van der Waals surface area (Å²) >= 11 is 1.04. The summed E-state index contributed by atoms with van der Waals surface area (Å²) in [5, 5.41) is -0.0136. The molecule has 0 heterocycles. The molecule has 0 N–H and O–H groups in total. The Morgan fingerprint density at radius 3 is 2.50 bits per heavy atom. The molecule has 3 nitrogen and oxygen atoms in total. The minimum atomic E-state index is -0.961. The van der Waals surface area contributed by atoms with Gasteiger partial charge in [-0.25, -0.2) is 0 Å². The lowest BCUT2D eigenvalue weighted by Crippen LogP contribution is -2.32. The SMILES string of the molecule is CCCC=C[C@@](C)(SC(=O)CC)C(=O)OCc1ccccc1. The summed E-state index contributed by atoms with van der Waals surface area (Å²) in [6, 6.07) is 9.53. The van der Waals surface area contributed by atoms with Crippen molar-refractivity contribution in [3.63, 3.8) is 0 Å². The van der Waals surface area contributed by atoms with Gasteiger partial charge in [0.1, 0.15) is 11.4 Å². The van der Waals surface area contributed by atoms with Crippen LogP contribution in [0.2, 0.25) is 0 Å². The van der Waals surface area contributed by atoms with Gasteiger partial charge in [0.15, 0.2) is 5.12 Å². The monoisotopic (exact) mass is 320 g/mol. The van der Waals surface area contributed by atoms with E-state index in [4.69, 9.17) is 4.74 Å². The zero-order valence-corrected chi connectivity index (χ0v) is 14.3. The van der Waals surface area contributed by atoms with Crippen LogP contribution in [0.25, 0.3) is 0 Å². The van der Waals surface area contributed by atoms with Crippen LogP contribution >= 0.6 is 11.8 Å². The third-order valence-electron chi connectivity index (χ3n) is 3.12. The molecule has 0 aliphatic carbocycles. The summed E-state index contributed by atoms with van der Waals surface area (Å²) in [4.78, 5) is 24.2. The number of hydrogen-bond acceptors (Lipinski definition) is 4. The summed E-state index contributed by atoms with van der Waals surface area (Å²) in [5.74, 6) is -0.379. The summed E-state index contributed by atoms with van der Waals surface area (Å²) < 4.78 is 4.44. The summed E-state index contributed by atoms with van der Waals surface area (Å²) in [7, 11) is 0. The molecule has 0 spiro atoms. The van der Waals surface area contributed by atoms with Gasteiger partial charge in [-0.3, -0.25) is 9.59 Å². The van der Waals surface area contributed by atoms with Crippen LogP contribution in [-0.4, -0.2) is 15.8 Å². The fourth-order valence-corrected chi connectivity index (χ4v) is 2.72. The van der Waals surface area contributed by atoms with Gasteiger partial charge in [-0.1, -0.05) is 74.5 Å². The summed E-state index contributed by atoms with van der Waals surface area (Å²) in [6.07, 6.45) is 6.01. The zero-order chi connectivity index (χ0) is 16.4. The van der Waals surface area contributed by atoms with Crippen LogP contribution < -0.4 is 0 Å². The molecule has 0 fully saturated rings. The summed E-state index contributed by atoms with van der Waals surface area (Å²) in [6.45, 7) is 5.82. The van der Waals surface area contributed by atoms with Crippen molar-refractivity contribution in [1.82, 2.24) is 0 Å². The van der Waals surface area contributed by atoms with Crippen molar-refractivity contribution in [3.8, 4) is 0 Å². The summed E-state index contributed by atoms with van der Waals surface area (Å²) in [5.41, 5.74) is 0.933. The van der Waals surface area contributed by atoms with Gasteiger partial charge in [0.05, 0.1) is 0 Å². The van der Waals surface area contributed by atoms with E-state index in [0.29, 0.717) is 6.42 Å². The second-order valence-electron chi connectivity index (χ2n) is 5.19. The van der Waals surface area contributed by atoms with Crippen molar-refractivity contribution >= 4 is 22.8 Å². The van der Waals surface area contributed by atoms with Crippen molar-refractivity contribution in [3.05, 3.63) is 48.0 Å². The highest BCUT2D eigenvalue weighted by Crippen LogP contribution is 2.30. The average molecular weight is 320 g/mol. The molecule has 1 aromatic carbocycles. The number of allylic oxidation sites excluding steroid dienone is 1. The molecule has 1 rings (SSSR count). The molecule has 0 unspecified atom stereocenters. The van der Waals surface area contributed by atoms with E-state index in [-0.39, 0.29) is 17.7 Å². The Morgan fingerprint density at radius 2 is 1.91 bits per heavy atom. The molecule has 22 heavy (non-hydrogen) atoms. The molecule has 120 valence electrons. The first-order valence-corrected chi connectivity index (χ1v) is 8.44. The lowest BCUT2D eigenvalue weighted by Gasteiger charge is -2.22. The predicted octanol–water partition coefficient (Wildman–Crippen LogP) is 4.51. The van der Waals surface area contributed by atoms with E-state index >= 15 is 0 Å².